The molecule has 0 aromatic carbocycles. The van der Waals surface area contributed by atoms with Crippen molar-refractivity contribution in [3.8, 4) is 0 Å². The summed E-state index contributed by atoms with van der Waals surface area (Å²) in [5.41, 5.74) is 2.72. The molecule has 1 aromatic heterocycles. The summed E-state index contributed by atoms with van der Waals surface area (Å²) >= 11 is 0. The molecule has 4 nitrogen and oxygen atoms in total. The Labute approximate surface area is 95.9 Å². The monoisotopic (exact) mass is 222 g/mol. The van der Waals surface area contributed by atoms with Gasteiger partial charge in [0.15, 0.2) is 0 Å². The second-order valence-corrected chi connectivity index (χ2v) is 3.71. The van der Waals surface area contributed by atoms with Crippen molar-refractivity contribution in [3.05, 3.63) is 29.1 Å². The quantitative estimate of drug-likeness (QED) is 0.728. The minimum absolute atomic E-state index is 0.0432. The molecule has 88 valence electrons. The van der Waals surface area contributed by atoms with E-state index in [0.717, 1.165) is 24.1 Å². The SMILES string of the molecule is CCN(C=O)CCc1nc(CO)ccc1C. The Kier molecular flexibility index (Phi) is 4.92. The largest absolute Gasteiger partial charge is 0.390 e. The van der Waals surface area contributed by atoms with Crippen molar-refractivity contribution in [2.24, 2.45) is 0 Å². The van der Waals surface area contributed by atoms with Crippen LogP contribution >= 0.6 is 0 Å². The van der Waals surface area contributed by atoms with Gasteiger partial charge in [0.2, 0.25) is 6.41 Å². The summed E-state index contributed by atoms with van der Waals surface area (Å²) in [4.78, 5) is 16.7. The second-order valence-electron chi connectivity index (χ2n) is 3.71. The fourth-order valence-electron chi connectivity index (χ4n) is 1.49. The summed E-state index contributed by atoms with van der Waals surface area (Å²) in [6.45, 7) is 5.27. The molecule has 1 aromatic rings. The minimum atomic E-state index is -0.0432. The number of carbonyl (C=O) groups is 1. The van der Waals surface area contributed by atoms with E-state index in [1.807, 2.05) is 26.0 Å². The lowest BCUT2D eigenvalue weighted by atomic mass is 10.1. The second kappa shape index (κ2) is 6.23. The summed E-state index contributed by atoms with van der Waals surface area (Å²) in [6.07, 6.45) is 1.58. The highest BCUT2D eigenvalue weighted by molar-refractivity contribution is 5.46. The van der Waals surface area contributed by atoms with Crippen molar-refractivity contribution >= 4 is 6.41 Å². The summed E-state index contributed by atoms with van der Waals surface area (Å²) in [5.74, 6) is 0. The molecule has 1 rings (SSSR count). The molecule has 0 aliphatic heterocycles. The summed E-state index contributed by atoms with van der Waals surface area (Å²) in [6, 6.07) is 3.77. The molecule has 1 heterocycles. The Morgan fingerprint density at radius 1 is 1.50 bits per heavy atom. The molecule has 0 spiro atoms. The van der Waals surface area contributed by atoms with Crippen LogP contribution in [0.5, 0.6) is 0 Å². The van der Waals surface area contributed by atoms with Crippen molar-refractivity contribution in [2.45, 2.75) is 26.9 Å². The molecule has 0 radical (unpaired) electrons. The molecule has 0 aliphatic rings. The summed E-state index contributed by atoms with van der Waals surface area (Å²) in [7, 11) is 0. The first-order valence-electron chi connectivity index (χ1n) is 5.46. The van der Waals surface area contributed by atoms with Gasteiger partial charge in [0, 0.05) is 25.2 Å². The van der Waals surface area contributed by atoms with Crippen molar-refractivity contribution in [1.29, 1.82) is 0 Å². The zero-order valence-corrected chi connectivity index (χ0v) is 9.81. The van der Waals surface area contributed by atoms with Crippen LogP contribution in [0.4, 0.5) is 0 Å². The van der Waals surface area contributed by atoms with Gasteiger partial charge in [-0.05, 0) is 25.5 Å². The zero-order chi connectivity index (χ0) is 12.0. The third-order valence-corrected chi connectivity index (χ3v) is 2.61. The lowest BCUT2D eigenvalue weighted by molar-refractivity contribution is -0.117. The van der Waals surface area contributed by atoms with Crippen LogP contribution < -0.4 is 0 Å². The zero-order valence-electron chi connectivity index (χ0n) is 9.81. The van der Waals surface area contributed by atoms with E-state index in [0.29, 0.717) is 18.8 Å². The van der Waals surface area contributed by atoms with E-state index < -0.39 is 0 Å². The van der Waals surface area contributed by atoms with Gasteiger partial charge in [0.25, 0.3) is 0 Å². The van der Waals surface area contributed by atoms with E-state index in [9.17, 15) is 4.79 Å². The maximum Gasteiger partial charge on any atom is 0.209 e. The molecule has 0 bridgehead atoms. The standard InChI is InChI=1S/C12H18N2O2/c1-3-14(9-16)7-6-12-10(2)4-5-11(8-15)13-12/h4-5,9,15H,3,6-8H2,1-2H3. The van der Waals surface area contributed by atoms with E-state index in [1.165, 1.54) is 0 Å². The van der Waals surface area contributed by atoms with Crippen LogP contribution in [0.3, 0.4) is 0 Å². The Balaban J connectivity index is 2.68. The highest BCUT2D eigenvalue weighted by Crippen LogP contribution is 2.08. The normalized spacial score (nSPS) is 10.2. The van der Waals surface area contributed by atoms with Crippen LogP contribution in [0.25, 0.3) is 0 Å². The molecule has 0 unspecified atom stereocenters. The van der Waals surface area contributed by atoms with E-state index in [1.54, 1.807) is 4.90 Å². The lowest BCUT2D eigenvalue weighted by Crippen LogP contribution is -2.24. The van der Waals surface area contributed by atoms with Gasteiger partial charge in [-0.15, -0.1) is 0 Å². The van der Waals surface area contributed by atoms with Gasteiger partial charge in [-0.25, -0.2) is 0 Å². The number of aliphatic hydroxyl groups is 1. The fraction of sp³-hybridized carbons (Fsp3) is 0.500. The van der Waals surface area contributed by atoms with Crippen LogP contribution in [-0.4, -0.2) is 34.5 Å². The first-order valence-corrected chi connectivity index (χ1v) is 5.46. The Morgan fingerprint density at radius 2 is 2.25 bits per heavy atom. The fourth-order valence-corrected chi connectivity index (χ4v) is 1.49. The number of aliphatic hydroxyl groups excluding tert-OH is 1. The molecule has 1 amide bonds. The van der Waals surface area contributed by atoms with Gasteiger partial charge in [-0.2, -0.15) is 0 Å². The maximum atomic E-state index is 10.6. The number of hydrogen-bond acceptors (Lipinski definition) is 3. The van der Waals surface area contributed by atoms with Crippen molar-refractivity contribution in [3.63, 3.8) is 0 Å². The van der Waals surface area contributed by atoms with Crippen LogP contribution in [0.2, 0.25) is 0 Å². The molecule has 4 heteroatoms. The molecule has 16 heavy (non-hydrogen) atoms. The number of rotatable bonds is 6. The third kappa shape index (κ3) is 3.31. The summed E-state index contributed by atoms with van der Waals surface area (Å²) < 4.78 is 0. The highest BCUT2D eigenvalue weighted by atomic mass is 16.3. The summed E-state index contributed by atoms with van der Waals surface area (Å²) in [5, 5.41) is 8.99. The maximum absolute atomic E-state index is 10.6. The Hall–Kier alpha value is -1.42. The molecule has 0 aliphatic carbocycles. The van der Waals surface area contributed by atoms with Crippen molar-refractivity contribution < 1.29 is 9.90 Å². The predicted octanol–water partition coefficient (Wildman–Crippen LogP) is 0.903. The molecule has 0 saturated heterocycles. The van der Waals surface area contributed by atoms with Crippen LogP contribution in [-0.2, 0) is 17.8 Å². The number of aryl methyl sites for hydroxylation is 1. The van der Waals surface area contributed by atoms with Crippen molar-refractivity contribution in [2.75, 3.05) is 13.1 Å². The van der Waals surface area contributed by atoms with E-state index >= 15 is 0 Å². The number of carbonyl (C=O) groups excluding carboxylic acids is 1. The Bertz CT molecular complexity index is 353. The smallest absolute Gasteiger partial charge is 0.209 e. The predicted molar refractivity (Wildman–Crippen MR) is 61.9 cm³/mol. The number of likely N-dealkylation sites (N-methyl/N-ethyl adjacent to an activating group) is 1. The van der Waals surface area contributed by atoms with Crippen LogP contribution in [0.1, 0.15) is 23.9 Å². The molecule has 1 N–H and O–H groups in total. The highest BCUT2D eigenvalue weighted by Gasteiger charge is 2.04. The average Bonchev–Trinajstić information content (AvgIpc) is 2.32. The van der Waals surface area contributed by atoms with E-state index in [-0.39, 0.29) is 6.61 Å². The molecule has 0 saturated carbocycles. The molecule has 0 fully saturated rings. The van der Waals surface area contributed by atoms with Gasteiger partial charge in [0.05, 0.1) is 12.3 Å². The number of nitrogens with zero attached hydrogens (tertiary/aromatic N) is 2. The first kappa shape index (κ1) is 12.6. The van der Waals surface area contributed by atoms with Crippen LogP contribution in [0, 0.1) is 6.92 Å². The van der Waals surface area contributed by atoms with Crippen LogP contribution in [0.15, 0.2) is 12.1 Å². The lowest BCUT2D eigenvalue weighted by Gasteiger charge is -2.15. The van der Waals surface area contributed by atoms with Crippen molar-refractivity contribution in [1.82, 2.24) is 9.88 Å². The minimum Gasteiger partial charge on any atom is -0.390 e. The topological polar surface area (TPSA) is 53.4 Å². The molecule has 0 atom stereocenters. The average molecular weight is 222 g/mol. The van der Waals surface area contributed by atoms with Gasteiger partial charge in [-0.1, -0.05) is 6.07 Å². The first-order chi connectivity index (χ1) is 7.71. The van der Waals surface area contributed by atoms with Gasteiger partial charge in [-0.3, -0.25) is 9.78 Å². The Morgan fingerprint density at radius 3 is 2.81 bits per heavy atom. The van der Waals surface area contributed by atoms with Gasteiger partial charge < -0.3 is 10.0 Å². The number of aromatic nitrogens is 1. The third-order valence-electron chi connectivity index (χ3n) is 2.61. The number of amides is 1. The number of pyridine rings is 1. The van der Waals surface area contributed by atoms with E-state index in [2.05, 4.69) is 4.98 Å². The van der Waals surface area contributed by atoms with E-state index in [4.69, 9.17) is 5.11 Å². The van der Waals surface area contributed by atoms with Gasteiger partial charge in [0.1, 0.15) is 0 Å². The number of hydrogen-bond donors (Lipinski definition) is 1. The molecular weight excluding hydrogens is 204 g/mol. The van der Waals surface area contributed by atoms with Gasteiger partial charge >= 0.3 is 0 Å². The molecular formula is C12H18N2O2.